The van der Waals surface area contributed by atoms with Gasteiger partial charge in [-0.15, -0.1) is 0 Å². The number of hydrogen-bond donors (Lipinski definition) is 1. The second-order valence-corrected chi connectivity index (χ2v) is 8.88. The fourth-order valence-electron chi connectivity index (χ4n) is 3.03. The zero-order chi connectivity index (χ0) is 18.4. The van der Waals surface area contributed by atoms with Crippen LogP contribution in [0.5, 0.6) is 0 Å². The lowest BCUT2D eigenvalue weighted by Gasteiger charge is -2.30. The first-order valence-corrected chi connectivity index (χ1v) is 10.2. The van der Waals surface area contributed by atoms with Crippen LogP contribution in [0.1, 0.15) is 24.8 Å². The van der Waals surface area contributed by atoms with E-state index < -0.39 is 10.0 Å². The summed E-state index contributed by atoms with van der Waals surface area (Å²) in [7, 11) is 0.544. The van der Waals surface area contributed by atoms with E-state index >= 15 is 0 Å². The summed E-state index contributed by atoms with van der Waals surface area (Å²) in [4.78, 5) is 14.6. The van der Waals surface area contributed by atoms with Crippen LogP contribution in [0.15, 0.2) is 29.2 Å². The van der Waals surface area contributed by atoms with Gasteiger partial charge in [-0.1, -0.05) is 12.1 Å². The molecule has 1 fully saturated rings. The van der Waals surface area contributed by atoms with Gasteiger partial charge in [0.2, 0.25) is 15.9 Å². The molecule has 1 amide bonds. The van der Waals surface area contributed by atoms with Crippen LogP contribution in [0, 0.1) is 12.8 Å². The molecule has 1 aliphatic heterocycles. The zero-order valence-corrected chi connectivity index (χ0v) is 16.2. The number of piperidine rings is 1. The van der Waals surface area contributed by atoms with Crippen molar-refractivity contribution in [2.75, 3.05) is 40.3 Å². The summed E-state index contributed by atoms with van der Waals surface area (Å²) in [6.45, 7) is 4.27. The molecule has 1 aromatic rings. The standard InChI is InChI=1S/C18H29N3O3S/c1-15-6-4-7-17(14-15)25(23,24)21-12-8-16(9-13-21)18(22)19-10-5-11-20(2)3/h4,6-7,14,16H,5,8-13H2,1-3H3,(H,19,22). The van der Waals surface area contributed by atoms with Crippen LogP contribution < -0.4 is 5.32 Å². The third-order valence-electron chi connectivity index (χ3n) is 4.53. The molecule has 140 valence electrons. The largest absolute Gasteiger partial charge is 0.356 e. The first kappa shape index (κ1) is 19.9. The molecule has 2 rings (SSSR count). The lowest BCUT2D eigenvalue weighted by molar-refractivity contribution is -0.126. The molecule has 7 heteroatoms. The first-order chi connectivity index (χ1) is 11.8. The number of sulfonamides is 1. The van der Waals surface area contributed by atoms with E-state index in [1.165, 1.54) is 4.31 Å². The molecular formula is C18H29N3O3S. The number of carbonyl (C=O) groups excluding carboxylic acids is 1. The van der Waals surface area contributed by atoms with Gasteiger partial charge in [0.15, 0.2) is 0 Å². The Labute approximate surface area is 151 Å². The topological polar surface area (TPSA) is 69.7 Å². The van der Waals surface area contributed by atoms with Gasteiger partial charge >= 0.3 is 0 Å². The van der Waals surface area contributed by atoms with Gasteiger partial charge in [0, 0.05) is 25.6 Å². The molecule has 1 saturated heterocycles. The van der Waals surface area contributed by atoms with Crippen molar-refractivity contribution in [3.8, 4) is 0 Å². The van der Waals surface area contributed by atoms with E-state index in [0.29, 0.717) is 37.4 Å². The molecule has 0 aliphatic carbocycles. The van der Waals surface area contributed by atoms with Crippen LogP contribution in [0.4, 0.5) is 0 Å². The van der Waals surface area contributed by atoms with Crippen molar-refractivity contribution in [2.45, 2.75) is 31.1 Å². The van der Waals surface area contributed by atoms with Gasteiger partial charge in [-0.05, 0) is 64.5 Å². The van der Waals surface area contributed by atoms with Crippen molar-refractivity contribution in [3.63, 3.8) is 0 Å². The lowest BCUT2D eigenvalue weighted by Crippen LogP contribution is -2.43. The first-order valence-electron chi connectivity index (χ1n) is 8.80. The number of nitrogens with zero attached hydrogens (tertiary/aromatic N) is 2. The minimum Gasteiger partial charge on any atom is -0.356 e. The fourth-order valence-corrected chi connectivity index (χ4v) is 4.61. The minimum absolute atomic E-state index is 0.0476. The van der Waals surface area contributed by atoms with Gasteiger partial charge in [0.1, 0.15) is 0 Å². The van der Waals surface area contributed by atoms with Gasteiger partial charge in [0.05, 0.1) is 4.90 Å². The highest BCUT2D eigenvalue weighted by molar-refractivity contribution is 7.89. The van der Waals surface area contributed by atoms with E-state index in [4.69, 9.17) is 0 Å². The summed E-state index contributed by atoms with van der Waals surface area (Å²) < 4.78 is 26.9. The van der Waals surface area contributed by atoms with E-state index in [2.05, 4.69) is 10.2 Å². The van der Waals surface area contributed by atoms with E-state index in [-0.39, 0.29) is 11.8 Å². The predicted molar refractivity (Wildman–Crippen MR) is 98.8 cm³/mol. The van der Waals surface area contributed by atoms with Gasteiger partial charge in [-0.3, -0.25) is 4.79 Å². The number of benzene rings is 1. The number of carbonyl (C=O) groups is 1. The average Bonchev–Trinajstić information content (AvgIpc) is 2.58. The fraction of sp³-hybridized carbons (Fsp3) is 0.611. The molecule has 1 aromatic carbocycles. The van der Waals surface area contributed by atoms with E-state index in [0.717, 1.165) is 18.5 Å². The highest BCUT2D eigenvalue weighted by Crippen LogP contribution is 2.24. The highest BCUT2D eigenvalue weighted by atomic mass is 32.2. The van der Waals surface area contributed by atoms with Crippen LogP contribution in [0.2, 0.25) is 0 Å². The van der Waals surface area contributed by atoms with Crippen molar-refractivity contribution in [3.05, 3.63) is 29.8 Å². The Morgan fingerprint density at radius 1 is 1.28 bits per heavy atom. The monoisotopic (exact) mass is 367 g/mol. The number of aryl methyl sites for hydroxylation is 1. The number of hydrogen-bond acceptors (Lipinski definition) is 4. The van der Waals surface area contributed by atoms with Crippen molar-refractivity contribution < 1.29 is 13.2 Å². The Bertz CT molecular complexity index is 681. The summed E-state index contributed by atoms with van der Waals surface area (Å²) in [6, 6.07) is 6.97. The minimum atomic E-state index is -3.47. The smallest absolute Gasteiger partial charge is 0.243 e. The van der Waals surface area contributed by atoms with Crippen molar-refractivity contribution >= 4 is 15.9 Å². The van der Waals surface area contributed by atoms with Gasteiger partial charge < -0.3 is 10.2 Å². The third kappa shape index (κ3) is 5.52. The molecule has 25 heavy (non-hydrogen) atoms. The van der Waals surface area contributed by atoms with Crippen molar-refractivity contribution in [1.29, 1.82) is 0 Å². The molecule has 1 N–H and O–H groups in total. The molecule has 6 nitrogen and oxygen atoms in total. The second kappa shape index (κ2) is 8.78. The Morgan fingerprint density at radius 3 is 2.56 bits per heavy atom. The van der Waals surface area contributed by atoms with E-state index in [9.17, 15) is 13.2 Å². The summed E-state index contributed by atoms with van der Waals surface area (Å²) in [5, 5.41) is 2.97. The van der Waals surface area contributed by atoms with Crippen LogP contribution in [-0.4, -0.2) is 63.8 Å². The summed E-state index contributed by atoms with van der Waals surface area (Å²) in [5.41, 5.74) is 0.924. The third-order valence-corrected chi connectivity index (χ3v) is 6.43. The molecule has 0 unspecified atom stereocenters. The lowest BCUT2D eigenvalue weighted by atomic mass is 9.97. The summed E-state index contributed by atoms with van der Waals surface area (Å²) in [6.07, 6.45) is 2.06. The molecule has 0 saturated carbocycles. The maximum absolute atomic E-state index is 12.7. The predicted octanol–water partition coefficient (Wildman–Crippen LogP) is 1.46. The average molecular weight is 368 g/mol. The zero-order valence-electron chi connectivity index (χ0n) is 15.4. The summed E-state index contributed by atoms with van der Waals surface area (Å²) >= 11 is 0. The Hall–Kier alpha value is -1.44. The summed E-state index contributed by atoms with van der Waals surface area (Å²) in [5.74, 6) is -0.0466. The molecule has 0 radical (unpaired) electrons. The van der Waals surface area contributed by atoms with Gasteiger partial charge in [-0.25, -0.2) is 8.42 Å². The second-order valence-electron chi connectivity index (χ2n) is 6.94. The molecule has 1 aliphatic rings. The normalized spacial score (nSPS) is 17.0. The highest BCUT2D eigenvalue weighted by Gasteiger charge is 2.31. The number of rotatable bonds is 7. The quantitative estimate of drug-likeness (QED) is 0.741. The van der Waals surface area contributed by atoms with Gasteiger partial charge in [-0.2, -0.15) is 4.31 Å². The molecule has 1 heterocycles. The van der Waals surface area contributed by atoms with Crippen LogP contribution in [0.25, 0.3) is 0 Å². The van der Waals surface area contributed by atoms with Crippen LogP contribution in [-0.2, 0) is 14.8 Å². The Balaban J connectivity index is 1.85. The molecule has 0 atom stereocenters. The van der Waals surface area contributed by atoms with Gasteiger partial charge in [0.25, 0.3) is 0 Å². The number of nitrogens with one attached hydrogen (secondary N) is 1. The molecule has 0 bridgehead atoms. The molecule has 0 aromatic heterocycles. The SMILES string of the molecule is Cc1cccc(S(=O)(=O)N2CCC(C(=O)NCCCN(C)C)CC2)c1. The Morgan fingerprint density at radius 2 is 1.96 bits per heavy atom. The van der Waals surface area contributed by atoms with Crippen molar-refractivity contribution in [1.82, 2.24) is 14.5 Å². The maximum atomic E-state index is 12.7. The van der Waals surface area contributed by atoms with E-state index in [1.807, 2.05) is 27.1 Å². The number of amides is 1. The van der Waals surface area contributed by atoms with Crippen molar-refractivity contribution in [2.24, 2.45) is 5.92 Å². The van der Waals surface area contributed by atoms with E-state index in [1.54, 1.807) is 18.2 Å². The van der Waals surface area contributed by atoms with Crippen LogP contribution >= 0.6 is 0 Å². The molecular weight excluding hydrogens is 338 g/mol. The Kier molecular flexibility index (Phi) is 6.98. The molecule has 0 spiro atoms. The van der Waals surface area contributed by atoms with Crippen LogP contribution in [0.3, 0.4) is 0 Å². The maximum Gasteiger partial charge on any atom is 0.243 e.